The van der Waals surface area contributed by atoms with Crippen molar-refractivity contribution in [3.05, 3.63) is 64.7 Å². The van der Waals surface area contributed by atoms with Gasteiger partial charge in [0.1, 0.15) is 6.61 Å². The first kappa shape index (κ1) is 16.4. The topological polar surface area (TPSA) is 58.6 Å². The van der Waals surface area contributed by atoms with Crippen LogP contribution in [0, 0.1) is 0 Å². The number of thiocarbonyl (C=S) groups is 1. The molecule has 0 bridgehead atoms. The number of ether oxygens (including phenoxy) is 1. The third-order valence-corrected chi connectivity index (χ3v) is 3.99. The van der Waals surface area contributed by atoms with Gasteiger partial charge in [0.15, 0.2) is 0 Å². The first-order valence-corrected chi connectivity index (χ1v) is 7.99. The molecule has 1 aliphatic heterocycles. The van der Waals surface area contributed by atoms with Gasteiger partial charge in [-0.15, -0.1) is 0 Å². The molecule has 2 amide bonds. The van der Waals surface area contributed by atoms with Crippen molar-refractivity contribution in [3.8, 4) is 0 Å². The monoisotopic (exact) mass is 360 g/mol. The number of hydrogen-bond donors (Lipinski definition) is 1. The predicted molar refractivity (Wildman–Crippen MR) is 95.4 cm³/mol. The highest BCUT2D eigenvalue weighted by Crippen LogP contribution is 2.22. The van der Waals surface area contributed by atoms with Crippen molar-refractivity contribution in [2.24, 2.45) is 0 Å². The molecule has 0 aromatic heterocycles. The summed E-state index contributed by atoms with van der Waals surface area (Å²) in [6.07, 6.45) is 0. The van der Waals surface area contributed by atoms with Gasteiger partial charge in [-0.1, -0.05) is 23.7 Å². The van der Waals surface area contributed by atoms with Gasteiger partial charge in [0.2, 0.25) is 0 Å². The Balaban J connectivity index is 1.52. The Morgan fingerprint density at radius 3 is 2.21 bits per heavy atom. The summed E-state index contributed by atoms with van der Waals surface area (Å²) in [5, 5.41) is 3.68. The van der Waals surface area contributed by atoms with Crippen LogP contribution in [-0.4, -0.2) is 35.0 Å². The van der Waals surface area contributed by atoms with E-state index in [-0.39, 0.29) is 30.1 Å². The van der Waals surface area contributed by atoms with Gasteiger partial charge >= 0.3 is 0 Å². The van der Waals surface area contributed by atoms with Gasteiger partial charge in [0, 0.05) is 10.7 Å². The average Bonchev–Trinajstić information content (AvgIpc) is 2.82. The maximum atomic E-state index is 12.2. The molecular weight excluding hydrogens is 348 g/mol. The fourth-order valence-electron chi connectivity index (χ4n) is 2.36. The molecule has 0 saturated heterocycles. The lowest BCUT2D eigenvalue weighted by Gasteiger charge is -2.15. The number of anilines is 1. The van der Waals surface area contributed by atoms with E-state index >= 15 is 0 Å². The van der Waals surface area contributed by atoms with E-state index in [0.29, 0.717) is 16.1 Å². The molecule has 2 aromatic carbocycles. The van der Waals surface area contributed by atoms with E-state index < -0.39 is 0 Å². The smallest absolute Gasteiger partial charge is 0.261 e. The van der Waals surface area contributed by atoms with E-state index in [9.17, 15) is 9.59 Å². The normalized spacial score (nSPS) is 13.0. The number of fused-ring (bicyclic) bond motifs is 1. The second-order valence-electron chi connectivity index (χ2n) is 5.08. The van der Waals surface area contributed by atoms with Crippen LogP contribution in [0.2, 0.25) is 5.02 Å². The third-order valence-electron chi connectivity index (χ3n) is 3.52. The highest BCUT2D eigenvalue weighted by Gasteiger charge is 2.34. The molecule has 122 valence electrons. The molecule has 3 rings (SSSR count). The largest absolute Gasteiger partial charge is 0.469 e. The van der Waals surface area contributed by atoms with Crippen LogP contribution < -0.4 is 5.32 Å². The lowest BCUT2D eigenvalue weighted by Crippen LogP contribution is -2.33. The standard InChI is InChI=1S/C17H13ClN2O3S/c18-11-5-7-12(8-6-11)19-17(24)23-10-9-20-15(21)13-3-1-2-4-14(13)16(20)22/h1-8H,9-10H2,(H,19,24). The van der Waals surface area contributed by atoms with Crippen LogP contribution in [0.15, 0.2) is 48.5 Å². The number of hydrogen-bond acceptors (Lipinski definition) is 4. The number of benzene rings is 2. The molecular formula is C17H13ClN2O3S. The number of carbonyl (C=O) groups is 2. The van der Waals surface area contributed by atoms with Crippen molar-refractivity contribution in [2.75, 3.05) is 18.5 Å². The molecule has 1 N–H and O–H groups in total. The minimum atomic E-state index is -0.309. The zero-order valence-electron chi connectivity index (χ0n) is 12.5. The Hall–Kier alpha value is -2.44. The summed E-state index contributed by atoms with van der Waals surface area (Å²) in [5.74, 6) is -0.619. The summed E-state index contributed by atoms with van der Waals surface area (Å²) in [5.41, 5.74) is 1.58. The quantitative estimate of drug-likeness (QED) is 0.669. The summed E-state index contributed by atoms with van der Waals surface area (Å²) in [4.78, 5) is 25.6. The Bertz CT molecular complexity index is 773. The van der Waals surface area contributed by atoms with Gasteiger partial charge in [-0.3, -0.25) is 14.5 Å². The molecule has 0 fully saturated rings. The van der Waals surface area contributed by atoms with Crippen LogP contribution in [0.25, 0.3) is 0 Å². The van der Waals surface area contributed by atoms with E-state index in [1.165, 1.54) is 0 Å². The van der Waals surface area contributed by atoms with Crippen LogP contribution in [0.4, 0.5) is 5.69 Å². The van der Waals surface area contributed by atoms with Crippen LogP contribution in [0.3, 0.4) is 0 Å². The molecule has 2 aromatic rings. The SMILES string of the molecule is O=C1c2ccccc2C(=O)N1CCOC(=S)Nc1ccc(Cl)cc1. The van der Waals surface area contributed by atoms with Crippen molar-refractivity contribution < 1.29 is 14.3 Å². The van der Waals surface area contributed by atoms with Gasteiger partial charge in [-0.25, -0.2) is 0 Å². The van der Waals surface area contributed by atoms with Gasteiger partial charge < -0.3 is 10.1 Å². The minimum absolute atomic E-state index is 0.116. The first-order valence-electron chi connectivity index (χ1n) is 7.21. The highest BCUT2D eigenvalue weighted by molar-refractivity contribution is 7.80. The average molecular weight is 361 g/mol. The Morgan fingerprint density at radius 2 is 1.62 bits per heavy atom. The summed E-state index contributed by atoms with van der Waals surface area (Å²) < 4.78 is 5.37. The van der Waals surface area contributed by atoms with E-state index in [1.807, 2.05) is 0 Å². The Labute approximate surface area is 149 Å². The first-order chi connectivity index (χ1) is 11.6. The number of carbonyl (C=O) groups excluding carboxylic acids is 2. The molecule has 24 heavy (non-hydrogen) atoms. The van der Waals surface area contributed by atoms with Crippen molar-refractivity contribution in [3.63, 3.8) is 0 Å². The van der Waals surface area contributed by atoms with Crippen LogP contribution in [0.1, 0.15) is 20.7 Å². The van der Waals surface area contributed by atoms with Crippen LogP contribution >= 0.6 is 23.8 Å². The fourth-order valence-corrected chi connectivity index (χ4v) is 2.69. The summed E-state index contributed by atoms with van der Waals surface area (Å²) >= 11 is 10.9. The maximum absolute atomic E-state index is 12.2. The number of nitrogens with zero attached hydrogens (tertiary/aromatic N) is 1. The van der Waals surface area contributed by atoms with Gasteiger partial charge in [-0.2, -0.15) is 0 Å². The van der Waals surface area contributed by atoms with E-state index in [2.05, 4.69) is 5.32 Å². The fraction of sp³-hybridized carbons (Fsp3) is 0.118. The molecule has 0 aliphatic carbocycles. The zero-order chi connectivity index (χ0) is 17.1. The third kappa shape index (κ3) is 3.39. The molecule has 0 atom stereocenters. The number of amides is 2. The molecule has 0 radical (unpaired) electrons. The number of rotatable bonds is 4. The van der Waals surface area contributed by atoms with E-state index in [4.69, 9.17) is 28.6 Å². The van der Waals surface area contributed by atoms with Crippen LogP contribution in [0.5, 0.6) is 0 Å². The molecule has 0 spiro atoms. The highest BCUT2D eigenvalue weighted by atomic mass is 35.5. The number of halogens is 1. The lowest BCUT2D eigenvalue weighted by atomic mass is 10.1. The van der Waals surface area contributed by atoms with Gasteiger partial charge in [0.05, 0.1) is 17.7 Å². The zero-order valence-corrected chi connectivity index (χ0v) is 14.1. The van der Waals surface area contributed by atoms with Crippen molar-refractivity contribution in [1.29, 1.82) is 0 Å². The summed E-state index contributed by atoms with van der Waals surface area (Å²) in [6.45, 7) is 0.250. The maximum Gasteiger partial charge on any atom is 0.261 e. The molecule has 5 nitrogen and oxygen atoms in total. The summed E-state index contributed by atoms with van der Waals surface area (Å²) in [6, 6.07) is 13.7. The Kier molecular flexibility index (Phi) is 4.78. The van der Waals surface area contributed by atoms with Crippen molar-refractivity contribution in [2.45, 2.75) is 0 Å². The number of nitrogens with one attached hydrogen (secondary N) is 1. The minimum Gasteiger partial charge on any atom is -0.469 e. The Morgan fingerprint density at radius 1 is 1.04 bits per heavy atom. The van der Waals surface area contributed by atoms with Crippen molar-refractivity contribution >= 4 is 46.5 Å². The predicted octanol–water partition coefficient (Wildman–Crippen LogP) is 3.35. The van der Waals surface area contributed by atoms with Gasteiger partial charge in [0.25, 0.3) is 17.0 Å². The molecule has 7 heteroatoms. The number of imide groups is 1. The molecule has 0 saturated carbocycles. The van der Waals surface area contributed by atoms with Crippen molar-refractivity contribution in [1.82, 2.24) is 4.90 Å². The molecule has 1 aliphatic rings. The van der Waals surface area contributed by atoms with Crippen LogP contribution in [-0.2, 0) is 4.74 Å². The molecule has 0 unspecified atom stereocenters. The van der Waals surface area contributed by atoms with E-state index in [1.54, 1.807) is 48.5 Å². The van der Waals surface area contributed by atoms with Gasteiger partial charge in [-0.05, 0) is 48.6 Å². The van der Waals surface area contributed by atoms with E-state index in [0.717, 1.165) is 10.6 Å². The second-order valence-corrected chi connectivity index (χ2v) is 5.88. The molecule has 1 heterocycles. The summed E-state index contributed by atoms with van der Waals surface area (Å²) in [7, 11) is 0. The second kappa shape index (κ2) is 6.98. The lowest BCUT2D eigenvalue weighted by molar-refractivity contribution is 0.0629.